The van der Waals surface area contributed by atoms with Crippen molar-refractivity contribution in [1.29, 1.82) is 0 Å². The predicted octanol–water partition coefficient (Wildman–Crippen LogP) is 4.43. The van der Waals surface area contributed by atoms with Gasteiger partial charge in [0.15, 0.2) is 11.3 Å². The van der Waals surface area contributed by atoms with Crippen LogP contribution in [-0.4, -0.2) is 115 Å². The number of fused-ring (bicyclic) bond motifs is 2. The maximum absolute atomic E-state index is 14.3. The van der Waals surface area contributed by atoms with Crippen molar-refractivity contribution in [1.82, 2.24) is 43.7 Å². The van der Waals surface area contributed by atoms with E-state index >= 15 is 0 Å². The Morgan fingerprint density at radius 2 is 1.81 bits per heavy atom. The van der Waals surface area contributed by atoms with E-state index in [4.69, 9.17) is 9.47 Å². The van der Waals surface area contributed by atoms with Crippen LogP contribution in [-0.2, 0) is 32.5 Å². The first kappa shape index (κ1) is 41.8. The Kier molecular flexibility index (Phi) is 12.2. The monoisotopic (exact) mass is 857 g/mol. The summed E-state index contributed by atoms with van der Waals surface area (Å²) >= 11 is 0. The first-order chi connectivity index (χ1) is 30.1. The molecule has 1 aromatic carbocycles. The smallest absolute Gasteiger partial charge is 0.329 e. The standard InChI is InChI=1S/C43H53F2N11O6/c1-51-38-28(4-2-6-33(38)56(43(51)60)34-11-12-36(57)49-42(34)59)5-3-21-62-30-9-7-27(8-10-30)25-52-16-13-29(14-17-52)55-26-32(37(50-55)39(44)45)47-41(58)31-24-46-54-18-15-35(48-40(31)54)53-19-22-61-23-20-53/h2,4,6,15,18,24,26-27,29-30,34,39H,3,5,7-14,16-17,19-23,25H2,1H3,(H,47,58)(H,49,57,59)/t27-,30-,34?. The number of rotatable bonds is 13. The third-order valence-corrected chi connectivity index (χ3v) is 13.0. The first-order valence-electron chi connectivity index (χ1n) is 21.8. The van der Waals surface area contributed by atoms with E-state index in [1.165, 1.54) is 21.5 Å². The summed E-state index contributed by atoms with van der Waals surface area (Å²) in [5.74, 6) is -0.0735. The van der Waals surface area contributed by atoms with Crippen LogP contribution in [0.15, 0.2) is 47.7 Å². The lowest BCUT2D eigenvalue weighted by Gasteiger charge is -2.36. The van der Waals surface area contributed by atoms with E-state index in [1.807, 2.05) is 24.3 Å². The zero-order chi connectivity index (χ0) is 42.9. The molecule has 0 radical (unpaired) electrons. The Morgan fingerprint density at radius 3 is 2.56 bits per heavy atom. The number of likely N-dealkylation sites (tertiary alicyclic amines) is 1. The molecule has 4 fully saturated rings. The number of carbonyl (C=O) groups is 3. The number of aromatic nitrogens is 7. The maximum atomic E-state index is 14.3. The normalized spacial score (nSPS) is 21.9. The molecule has 3 aliphatic heterocycles. The van der Waals surface area contributed by atoms with E-state index in [-0.39, 0.29) is 41.4 Å². The summed E-state index contributed by atoms with van der Waals surface area (Å²) < 4.78 is 46.5. The molecule has 1 saturated carbocycles. The lowest BCUT2D eigenvalue weighted by Crippen LogP contribution is -2.44. The van der Waals surface area contributed by atoms with Gasteiger partial charge in [0, 0.05) is 65.2 Å². The number of amides is 3. The van der Waals surface area contributed by atoms with Crippen molar-refractivity contribution in [2.24, 2.45) is 13.0 Å². The highest BCUT2D eigenvalue weighted by molar-refractivity contribution is 6.08. The Hall–Kier alpha value is -5.53. The van der Waals surface area contributed by atoms with Crippen molar-refractivity contribution in [3.05, 3.63) is 70.2 Å². The van der Waals surface area contributed by atoms with Crippen LogP contribution in [0.25, 0.3) is 16.7 Å². The van der Waals surface area contributed by atoms with Crippen LogP contribution in [0.2, 0.25) is 0 Å². The number of imide groups is 1. The largest absolute Gasteiger partial charge is 0.378 e. The van der Waals surface area contributed by atoms with E-state index in [9.17, 15) is 28.0 Å². The van der Waals surface area contributed by atoms with Crippen LogP contribution in [0.5, 0.6) is 0 Å². The molecular weight excluding hydrogens is 805 g/mol. The average molecular weight is 858 g/mol. The second kappa shape index (κ2) is 18.1. The molecule has 1 atom stereocenters. The molecule has 19 heteroatoms. The fraction of sp³-hybridized carbons (Fsp3) is 0.558. The number of benzene rings is 1. The number of para-hydroxylation sites is 1. The number of carbonyl (C=O) groups excluding carboxylic acids is 3. The molecule has 5 aromatic rings. The lowest BCUT2D eigenvalue weighted by atomic mass is 9.86. The molecule has 0 bridgehead atoms. The van der Waals surface area contributed by atoms with Gasteiger partial charge in [0.2, 0.25) is 11.8 Å². The van der Waals surface area contributed by atoms with Gasteiger partial charge in [-0.3, -0.25) is 33.5 Å². The van der Waals surface area contributed by atoms with Crippen molar-refractivity contribution in [3.63, 3.8) is 0 Å². The highest BCUT2D eigenvalue weighted by Crippen LogP contribution is 2.33. The highest BCUT2D eigenvalue weighted by Gasteiger charge is 2.33. The van der Waals surface area contributed by atoms with Crippen LogP contribution in [0, 0.1) is 5.92 Å². The molecule has 7 heterocycles. The molecule has 4 aliphatic rings. The number of anilines is 2. The summed E-state index contributed by atoms with van der Waals surface area (Å²) in [6.07, 6.45) is 9.72. The number of nitrogens with zero attached hydrogens (tertiary/aromatic N) is 9. The fourth-order valence-corrected chi connectivity index (χ4v) is 9.70. The summed E-state index contributed by atoms with van der Waals surface area (Å²) in [5, 5.41) is 13.6. The van der Waals surface area contributed by atoms with Gasteiger partial charge in [0.25, 0.3) is 12.3 Å². The Bertz CT molecular complexity index is 2490. The third kappa shape index (κ3) is 8.61. The Labute approximate surface area is 356 Å². The van der Waals surface area contributed by atoms with Crippen LogP contribution >= 0.6 is 0 Å². The number of hydrogen-bond donors (Lipinski definition) is 2. The molecule has 4 aromatic heterocycles. The minimum Gasteiger partial charge on any atom is -0.378 e. The molecule has 9 rings (SSSR count). The highest BCUT2D eigenvalue weighted by atomic mass is 19.3. The molecule has 62 heavy (non-hydrogen) atoms. The third-order valence-electron chi connectivity index (χ3n) is 13.0. The van der Waals surface area contributed by atoms with Gasteiger partial charge < -0.3 is 24.6 Å². The number of halogens is 2. The van der Waals surface area contributed by atoms with Gasteiger partial charge in [-0.05, 0) is 81.4 Å². The van der Waals surface area contributed by atoms with Crippen LogP contribution < -0.4 is 21.2 Å². The lowest BCUT2D eigenvalue weighted by molar-refractivity contribution is -0.135. The van der Waals surface area contributed by atoms with Gasteiger partial charge in [-0.1, -0.05) is 12.1 Å². The molecule has 3 saturated heterocycles. The van der Waals surface area contributed by atoms with Gasteiger partial charge in [-0.15, -0.1) is 0 Å². The van der Waals surface area contributed by atoms with E-state index in [0.29, 0.717) is 62.2 Å². The van der Waals surface area contributed by atoms with Gasteiger partial charge in [0.05, 0.1) is 48.3 Å². The van der Waals surface area contributed by atoms with Crippen molar-refractivity contribution in [2.75, 3.05) is 62.8 Å². The number of imidazole rings is 1. The van der Waals surface area contributed by atoms with Gasteiger partial charge >= 0.3 is 5.69 Å². The zero-order valence-electron chi connectivity index (χ0n) is 34.9. The SMILES string of the molecule is Cn1c(=O)n(C2CCC(=O)NC2=O)c2cccc(CCCO[C@H]3CC[C@H](CN4CCC(n5cc(NC(=O)c6cnn7ccc(N8CCOCC8)nc67)c(C(F)F)n5)CC4)CC3)c21. The van der Waals surface area contributed by atoms with Gasteiger partial charge in [-0.2, -0.15) is 10.2 Å². The fourth-order valence-electron chi connectivity index (χ4n) is 9.70. The van der Waals surface area contributed by atoms with E-state index in [0.717, 1.165) is 82.1 Å². The molecular formula is C43H53F2N11O6. The molecule has 330 valence electrons. The minimum absolute atomic E-state index is 0.0128. The van der Waals surface area contributed by atoms with E-state index < -0.39 is 30.0 Å². The number of ether oxygens (including phenoxy) is 2. The van der Waals surface area contributed by atoms with Crippen molar-refractivity contribution in [3.8, 4) is 0 Å². The van der Waals surface area contributed by atoms with Crippen LogP contribution in [0.3, 0.4) is 0 Å². The number of hydrogen-bond acceptors (Lipinski definition) is 11. The quantitative estimate of drug-likeness (QED) is 0.127. The number of piperidine rings is 2. The number of morpholine rings is 1. The number of aryl methyl sites for hydroxylation is 2. The van der Waals surface area contributed by atoms with Crippen LogP contribution in [0.1, 0.15) is 97.9 Å². The molecule has 2 N–H and O–H groups in total. The summed E-state index contributed by atoms with van der Waals surface area (Å²) in [7, 11) is 1.72. The summed E-state index contributed by atoms with van der Waals surface area (Å²) in [6.45, 7) is 5.79. The van der Waals surface area contributed by atoms with Crippen molar-refractivity contribution < 1.29 is 32.6 Å². The molecule has 17 nitrogen and oxygen atoms in total. The first-order valence-corrected chi connectivity index (χ1v) is 21.8. The number of nitrogens with one attached hydrogen (secondary N) is 2. The van der Waals surface area contributed by atoms with Gasteiger partial charge in [0.1, 0.15) is 17.4 Å². The summed E-state index contributed by atoms with van der Waals surface area (Å²) in [4.78, 5) is 60.3. The second-order valence-electron chi connectivity index (χ2n) is 17.0. The molecule has 3 amide bonds. The predicted molar refractivity (Wildman–Crippen MR) is 224 cm³/mol. The molecule has 1 unspecified atom stereocenters. The topological polar surface area (TPSA) is 175 Å². The van der Waals surface area contributed by atoms with Crippen molar-refractivity contribution >= 4 is 45.9 Å². The van der Waals surface area contributed by atoms with Gasteiger partial charge in [-0.25, -0.2) is 23.1 Å². The Morgan fingerprint density at radius 1 is 1.02 bits per heavy atom. The average Bonchev–Trinajstić information content (AvgIpc) is 3.98. The minimum atomic E-state index is -2.86. The van der Waals surface area contributed by atoms with Crippen LogP contribution in [0.4, 0.5) is 20.3 Å². The van der Waals surface area contributed by atoms with E-state index in [1.54, 1.807) is 22.5 Å². The zero-order valence-corrected chi connectivity index (χ0v) is 34.9. The maximum Gasteiger partial charge on any atom is 0.329 e. The molecule has 0 spiro atoms. The number of alkyl halides is 2. The van der Waals surface area contributed by atoms with E-state index in [2.05, 4.69) is 35.6 Å². The second-order valence-corrected chi connectivity index (χ2v) is 17.0. The summed E-state index contributed by atoms with van der Waals surface area (Å²) in [6, 6.07) is 6.84. The molecule has 1 aliphatic carbocycles. The van der Waals surface area contributed by atoms with Crippen molar-refractivity contribution in [2.45, 2.75) is 88.8 Å². The summed E-state index contributed by atoms with van der Waals surface area (Å²) in [5.41, 5.74) is 2.31. The Balaban J connectivity index is 0.729.